The van der Waals surface area contributed by atoms with Gasteiger partial charge in [-0.05, 0) is 77.0 Å². The van der Waals surface area contributed by atoms with Gasteiger partial charge in [0, 0.05) is 12.8 Å². The molecule has 1 aliphatic rings. The van der Waals surface area contributed by atoms with Gasteiger partial charge in [0.2, 0.25) is 0 Å². The van der Waals surface area contributed by atoms with E-state index in [0.717, 1.165) is 64.2 Å². The second-order valence-corrected chi connectivity index (χ2v) is 19.9. The second-order valence-electron chi connectivity index (χ2n) is 17.3. The van der Waals surface area contributed by atoms with E-state index >= 15 is 0 Å². The van der Waals surface area contributed by atoms with Crippen LogP contribution in [0.1, 0.15) is 162 Å². The number of aliphatic hydroxyl groups excluding tert-OH is 5. The number of phosphoric acid groups is 2. The first-order chi connectivity index (χ1) is 33.5. The Kier molecular flexibility index (Phi) is 37.8. The Bertz CT molecular complexity index is 1690. The number of allylic oxidation sites excluding steroid dienone is 12. The van der Waals surface area contributed by atoms with Crippen LogP contribution < -0.4 is 0 Å². The largest absolute Gasteiger partial charge is 0.472 e. The van der Waals surface area contributed by atoms with Crippen LogP contribution in [0.5, 0.6) is 0 Å². The van der Waals surface area contributed by atoms with Crippen molar-refractivity contribution in [1.82, 2.24) is 0 Å². The smallest absolute Gasteiger partial charge is 0.462 e. The average Bonchev–Trinajstić information content (AvgIpc) is 3.31. The molecule has 1 fully saturated rings. The molecular weight excluding hydrogens is 946 g/mol. The summed E-state index contributed by atoms with van der Waals surface area (Å²) in [4.78, 5) is 54.4. The highest BCUT2D eigenvalue weighted by Gasteiger charge is 2.54. The Balaban J connectivity index is 2.61. The third-order valence-electron chi connectivity index (χ3n) is 11.0. The van der Waals surface area contributed by atoms with E-state index in [1.54, 1.807) is 6.08 Å². The van der Waals surface area contributed by atoms with E-state index in [1.807, 2.05) is 61.6 Å². The molecule has 0 bridgehead atoms. The van der Waals surface area contributed by atoms with Crippen LogP contribution >= 0.6 is 15.6 Å². The van der Waals surface area contributed by atoms with Gasteiger partial charge in [0.15, 0.2) is 6.10 Å². The number of rotatable bonds is 41. The maximum absolute atomic E-state index is 13.0. The van der Waals surface area contributed by atoms with E-state index in [2.05, 4.69) is 35.8 Å². The lowest BCUT2D eigenvalue weighted by Crippen LogP contribution is -2.64. The van der Waals surface area contributed by atoms with Gasteiger partial charge >= 0.3 is 27.6 Å². The first-order valence-corrected chi connectivity index (χ1v) is 28.3. The van der Waals surface area contributed by atoms with Crippen molar-refractivity contribution in [3.05, 3.63) is 85.1 Å². The fraction of sp³-hybridized carbons (Fsp3) is 0.686. The molecule has 0 aromatic rings. The zero-order valence-electron chi connectivity index (χ0n) is 41.5. The molecule has 70 heavy (non-hydrogen) atoms. The summed E-state index contributed by atoms with van der Waals surface area (Å²) in [6.45, 7) is 2.80. The lowest BCUT2D eigenvalue weighted by Gasteiger charge is -2.43. The Morgan fingerprint density at radius 3 is 1.63 bits per heavy atom. The number of phosphoric ester groups is 2. The number of carbonyl (C=O) groups excluding carboxylic acids is 2. The highest BCUT2D eigenvalue weighted by molar-refractivity contribution is 7.47. The molecule has 6 unspecified atom stereocenters. The Morgan fingerprint density at radius 1 is 0.543 bits per heavy atom. The molecule has 0 saturated heterocycles. The molecule has 17 nitrogen and oxygen atoms in total. The number of aliphatic hydroxyl groups is 5. The average molecular weight is 1030 g/mol. The maximum atomic E-state index is 13.0. The fourth-order valence-electron chi connectivity index (χ4n) is 7.11. The molecule has 0 amide bonds. The lowest BCUT2D eigenvalue weighted by molar-refractivity contribution is -0.216. The summed E-state index contributed by atoms with van der Waals surface area (Å²) in [6, 6.07) is 0. The molecule has 1 rings (SSSR count). The van der Waals surface area contributed by atoms with Crippen molar-refractivity contribution in [2.75, 3.05) is 13.2 Å². The molecule has 402 valence electrons. The molecule has 0 aromatic carbocycles. The minimum absolute atomic E-state index is 0.0142. The number of hydrogen-bond acceptors (Lipinski definition) is 14. The highest BCUT2D eigenvalue weighted by atomic mass is 31.2. The minimum Gasteiger partial charge on any atom is -0.462 e. The molecule has 0 aliphatic heterocycles. The van der Waals surface area contributed by atoms with Crippen molar-refractivity contribution >= 4 is 27.6 Å². The zero-order chi connectivity index (χ0) is 51.9. The molecule has 0 spiro atoms. The van der Waals surface area contributed by atoms with E-state index in [1.165, 1.54) is 38.5 Å². The summed E-state index contributed by atoms with van der Waals surface area (Å²) < 4.78 is 49.4. The minimum atomic E-state index is -5.38. The predicted molar refractivity (Wildman–Crippen MR) is 270 cm³/mol. The number of carbonyl (C=O) groups is 2. The summed E-state index contributed by atoms with van der Waals surface area (Å²) in [5.41, 5.74) is 0. The molecule has 0 heterocycles. The van der Waals surface area contributed by atoms with Crippen LogP contribution in [0.2, 0.25) is 0 Å². The highest BCUT2D eigenvalue weighted by Crippen LogP contribution is 2.49. The Hall–Kier alpha value is -2.86. The molecule has 19 heteroatoms. The topological polar surface area (TPSA) is 276 Å². The van der Waals surface area contributed by atoms with Gasteiger partial charge in [-0.25, -0.2) is 9.13 Å². The monoisotopic (exact) mass is 1030 g/mol. The van der Waals surface area contributed by atoms with Gasteiger partial charge in [-0.2, -0.15) is 0 Å². The van der Waals surface area contributed by atoms with Gasteiger partial charge in [0.05, 0.1) is 12.7 Å². The van der Waals surface area contributed by atoms with Crippen molar-refractivity contribution in [1.29, 1.82) is 0 Å². The fourth-order valence-corrected chi connectivity index (χ4v) is 8.65. The number of hydrogen-bond donors (Lipinski definition) is 8. The Morgan fingerprint density at radius 2 is 1.04 bits per heavy atom. The van der Waals surface area contributed by atoms with Crippen molar-refractivity contribution in [3.8, 4) is 0 Å². The first kappa shape index (κ1) is 65.2. The van der Waals surface area contributed by atoms with Crippen LogP contribution in [0.3, 0.4) is 0 Å². The molecule has 1 aliphatic carbocycles. The summed E-state index contributed by atoms with van der Waals surface area (Å²) in [7, 11) is -10.7. The van der Waals surface area contributed by atoms with Crippen LogP contribution in [0.4, 0.5) is 0 Å². The summed E-state index contributed by atoms with van der Waals surface area (Å²) in [5.74, 6) is -1.31. The zero-order valence-corrected chi connectivity index (χ0v) is 43.3. The van der Waals surface area contributed by atoms with Gasteiger partial charge in [0.1, 0.15) is 43.2 Å². The van der Waals surface area contributed by atoms with Gasteiger partial charge in [0.25, 0.3) is 0 Å². The van der Waals surface area contributed by atoms with E-state index < -0.39 is 89.6 Å². The third kappa shape index (κ3) is 34.5. The van der Waals surface area contributed by atoms with Crippen molar-refractivity contribution in [3.63, 3.8) is 0 Å². The van der Waals surface area contributed by atoms with Crippen LogP contribution in [0.15, 0.2) is 85.1 Å². The van der Waals surface area contributed by atoms with Gasteiger partial charge < -0.3 is 49.7 Å². The summed E-state index contributed by atoms with van der Waals surface area (Å²) in [5, 5.41) is 51.1. The molecule has 0 radical (unpaired) electrons. The standard InChI is InChI=1S/C51H86O17P2/c1-3-5-7-8-9-10-11-12-13-14-15-16-17-18-23-26-29-32-35-39-45(54)66-43(41-65-70(62,63)68-51-48(57)46(55)47(56)50(49(51)58)67-69(59,60)61)40-64-44(53)38-34-31-28-25-22-20-19-21-24-27-30-33-37-42(52)36-6-4-2/h6,9-10,12-13,19-20,24-25,27-28,30,33,36,42-43,46-52,55-58H,3-5,7-8,11,14-18,21-23,26,29,31-32,34-35,37-41H2,1-2H3,(H,62,63)(H2,59,60,61)/b10-9-,13-12-,20-19-,27-24-,28-25-,33-30+,36-6-/t42?,43-,46?,47?,48?,49?,50-,51+/m1/s1. The lowest BCUT2D eigenvalue weighted by atomic mass is 9.85. The molecule has 1 saturated carbocycles. The van der Waals surface area contributed by atoms with E-state index in [-0.39, 0.29) is 12.8 Å². The molecule has 9 atom stereocenters. The number of ether oxygens (including phenoxy) is 2. The molecule has 8 N–H and O–H groups in total. The SMILES string of the molecule is CC/C=C\C(O)C/C=C/C=C\C/C=C\C/C=C\CCCC(=O)OC[C@H](COP(=O)(O)O[C@H]1C(O)C(O)C(O)[C@@H](OP(=O)(O)O)C1O)OC(=O)CCCCCCCCCCC/C=C\C/C=C\CCCCC. The van der Waals surface area contributed by atoms with E-state index in [0.29, 0.717) is 32.1 Å². The number of esters is 2. The van der Waals surface area contributed by atoms with Crippen molar-refractivity contribution in [2.24, 2.45) is 0 Å². The summed E-state index contributed by atoms with van der Waals surface area (Å²) >= 11 is 0. The van der Waals surface area contributed by atoms with Gasteiger partial charge in [-0.1, -0.05) is 157 Å². The second kappa shape index (κ2) is 40.6. The molecule has 0 aromatic heterocycles. The van der Waals surface area contributed by atoms with Crippen LogP contribution in [-0.2, 0) is 41.8 Å². The van der Waals surface area contributed by atoms with Crippen LogP contribution in [-0.4, -0.2) is 114 Å². The Labute approximate surface area is 416 Å². The summed E-state index contributed by atoms with van der Waals surface area (Å²) in [6.07, 6.45) is 33.0. The van der Waals surface area contributed by atoms with E-state index in [4.69, 9.17) is 18.5 Å². The van der Waals surface area contributed by atoms with Gasteiger partial charge in [-0.15, -0.1) is 0 Å². The normalized spacial score (nSPS) is 22.1. The van der Waals surface area contributed by atoms with Crippen LogP contribution in [0.25, 0.3) is 0 Å². The molecular formula is C51H86O17P2. The van der Waals surface area contributed by atoms with Gasteiger partial charge in [-0.3, -0.25) is 23.2 Å². The maximum Gasteiger partial charge on any atom is 0.472 e. The van der Waals surface area contributed by atoms with E-state index in [9.17, 15) is 58.9 Å². The predicted octanol–water partition coefficient (Wildman–Crippen LogP) is 9.15. The quantitative estimate of drug-likeness (QED) is 0.00932. The van der Waals surface area contributed by atoms with Crippen molar-refractivity contribution in [2.45, 2.75) is 210 Å². The number of unbranched alkanes of at least 4 members (excludes halogenated alkanes) is 13. The first-order valence-electron chi connectivity index (χ1n) is 25.2. The van der Waals surface area contributed by atoms with Crippen LogP contribution in [0, 0.1) is 0 Å². The third-order valence-corrected chi connectivity index (χ3v) is 12.5. The van der Waals surface area contributed by atoms with Crippen molar-refractivity contribution < 1.29 is 82.0 Å².